The molecule has 4 heavy (non-hydrogen) atoms. The Morgan fingerprint density at radius 3 is 1.00 bits per heavy atom. The molecule has 0 unspecified atom stereocenters. The average Bonchev–Trinajstić information content (AvgIpc) is 0. The zero-order chi connectivity index (χ0) is 0. The number of rotatable bonds is 0. The van der Waals surface area contributed by atoms with E-state index in [-0.39, 0.29) is 95.7 Å². The van der Waals surface area contributed by atoms with Gasteiger partial charge in [0, 0.05) is 0 Å². The standard InChI is InChI=1S/Bi.Ga.In.Sn.11H. The fourth-order valence-electron chi connectivity index (χ4n) is 0. The van der Waals surface area contributed by atoms with Gasteiger partial charge in [0.25, 0.3) is 0 Å². The van der Waals surface area contributed by atoms with Gasteiger partial charge in [0.05, 0.1) is 0 Å². The predicted molar refractivity (Wildman–Crippen MR) is 38.4 cm³/mol. The van der Waals surface area contributed by atoms with Crippen molar-refractivity contribution in [2.75, 3.05) is 0 Å². The zero-order valence-electron chi connectivity index (χ0n) is 1.41. The monoisotopic (exact) mass is 524 g/mol. The summed E-state index contributed by atoms with van der Waals surface area (Å²) in [6.07, 6.45) is 0. The summed E-state index contributed by atoms with van der Waals surface area (Å²) in [5.74, 6) is 0. The Kier molecular flexibility index (Phi) is 111. The third-order valence-electron chi connectivity index (χ3n) is 0. The number of hydrogen-bond donors (Lipinski definition) is 0. The van der Waals surface area contributed by atoms with Crippen LogP contribution >= 0.6 is 0 Å². The molecular formula is H11BiGaInSn. The molecule has 0 fully saturated rings. The average molecular weight is 523 g/mol. The predicted octanol–water partition coefficient (Wildman–Crippen LogP) is -4.47. The van der Waals surface area contributed by atoms with E-state index >= 15 is 0 Å². The summed E-state index contributed by atoms with van der Waals surface area (Å²) in [5.41, 5.74) is 0. The summed E-state index contributed by atoms with van der Waals surface area (Å²) in [5, 5.41) is 0. The van der Waals surface area contributed by atoms with Crippen LogP contribution in [0.1, 0.15) is 0 Å². The van der Waals surface area contributed by atoms with Crippen LogP contribution < -0.4 is 0 Å². The van der Waals surface area contributed by atoms with Gasteiger partial charge in [-0.1, -0.05) is 0 Å². The fourth-order valence-corrected chi connectivity index (χ4v) is 0. The first-order valence-electron chi connectivity index (χ1n) is 0. The van der Waals surface area contributed by atoms with Gasteiger partial charge in [-0.25, -0.2) is 0 Å². The Bertz CT molecular complexity index is 8.00. The van der Waals surface area contributed by atoms with Crippen molar-refractivity contribution in [2.45, 2.75) is 0 Å². The second-order valence-corrected chi connectivity index (χ2v) is 0. The Morgan fingerprint density at radius 1 is 1.00 bits per heavy atom. The summed E-state index contributed by atoms with van der Waals surface area (Å²) >= 11 is 0. The van der Waals surface area contributed by atoms with Gasteiger partial charge in [-0.15, -0.1) is 0 Å². The van der Waals surface area contributed by atoms with Gasteiger partial charge in [-0.05, 0) is 0 Å². The van der Waals surface area contributed by atoms with Gasteiger partial charge in [-0.3, -0.25) is 0 Å². The molecule has 0 atom stereocenters. The molecule has 4 heteroatoms. The van der Waals surface area contributed by atoms with Crippen molar-refractivity contribution in [3.8, 4) is 0 Å². The van der Waals surface area contributed by atoms with Crippen LogP contribution in [0.15, 0.2) is 0 Å². The van der Waals surface area contributed by atoms with E-state index in [1.165, 1.54) is 0 Å². The molecule has 0 aliphatic rings. The van der Waals surface area contributed by atoms with Crippen LogP contribution in [0, 0.1) is 0 Å². The van der Waals surface area contributed by atoms with Crippen LogP contribution in [-0.4, -0.2) is 95.7 Å². The van der Waals surface area contributed by atoms with Crippen molar-refractivity contribution >= 4 is 95.7 Å². The van der Waals surface area contributed by atoms with E-state index in [4.69, 9.17) is 0 Å². The van der Waals surface area contributed by atoms with Gasteiger partial charge >= 0.3 is 95.7 Å². The summed E-state index contributed by atoms with van der Waals surface area (Å²) in [6.45, 7) is 0. The summed E-state index contributed by atoms with van der Waals surface area (Å²) in [6, 6.07) is 0. The molecule has 0 nitrogen and oxygen atoms in total. The molecule has 0 aliphatic heterocycles. The Hall–Kier alpha value is 3.19. The fraction of sp³-hybridized carbons (Fsp3) is 0. The molecule has 0 saturated carbocycles. The first kappa shape index (κ1) is 27.1. The van der Waals surface area contributed by atoms with Crippen molar-refractivity contribution in [2.24, 2.45) is 0 Å². The minimum atomic E-state index is 0. The van der Waals surface area contributed by atoms with Gasteiger partial charge in [-0.2, -0.15) is 0 Å². The van der Waals surface area contributed by atoms with Gasteiger partial charge in [0.1, 0.15) is 0 Å². The van der Waals surface area contributed by atoms with E-state index in [0.717, 1.165) is 0 Å². The molecule has 0 heterocycles. The van der Waals surface area contributed by atoms with Crippen molar-refractivity contribution in [3.63, 3.8) is 0 Å². The maximum atomic E-state index is 0. The first-order valence-corrected chi connectivity index (χ1v) is 0. The van der Waals surface area contributed by atoms with Crippen molar-refractivity contribution < 1.29 is 0 Å². The Balaban J connectivity index is 0. The molecular weight excluding hydrogens is 512 g/mol. The van der Waals surface area contributed by atoms with Crippen LogP contribution in [0.25, 0.3) is 0 Å². The third-order valence-corrected chi connectivity index (χ3v) is 0. The van der Waals surface area contributed by atoms with E-state index in [2.05, 4.69) is 0 Å². The first-order chi connectivity index (χ1) is 0. The zero-order valence-corrected chi connectivity index (χ0v) is 10.9. The quantitative estimate of drug-likeness (QED) is 0.282. The molecule has 0 saturated heterocycles. The Morgan fingerprint density at radius 2 is 1.00 bits per heavy atom. The summed E-state index contributed by atoms with van der Waals surface area (Å²) in [7, 11) is 0. The van der Waals surface area contributed by atoms with Crippen LogP contribution in [-0.2, 0) is 0 Å². The molecule has 0 aromatic rings. The number of hydrogen-bond acceptors (Lipinski definition) is 0. The molecule has 0 aromatic heterocycles. The second kappa shape index (κ2) is 16.4. The van der Waals surface area contributed by atoms with E-state index in [9.17, 15) is 0 Å². The SMILES string of the molecule is [BiH3].[GaH3].[InH3].[SnH2]. The van der Waals surface area contributed by atoms with Crippen molar-refractivity contribution in [3.05, 3.63) is 0 Å². The normalized spacial score (nSPS) is 0. The molecule has 0 rings (SSSR count). The van der Waals surface area contributed by atoms with Crippen molar-refractivity contribution in [1.29, 1.82) is 0 Å². The van der Waals surface area contributed by atoms with Crippen molar-refractivity contribution in [1.82, 2.24) is 0 Å². The molecule has 0 spiro atoms. The Labute approximate surface area is 93.8 Å². The van der Waals surface area contributed by atoms with Gasteiger partial charge in [0.2, 0.25) is 0 Å². The molecule has 0 aliphatic carbocycles. The van der Waals surface area contributed by atoms with Crippen LogP contribution in [0.5, 0.6) is 0 Å². The van der Waals surface area contributed by atoms with E-state index in [1.54, 1.807) is 0 Å². The summed E-state index contributed by atoms with van der Waals surface area (Å²) < 4.78 is 0. The maximum absolute atomic E-state index is 0. The molecule has 26 valence electrons. The third kappa shape index (κ3) is 8.95. The second-order valence-electron chi connectivity index (χ2n) is 0. The van der Waals surface area contributed by atoms with Crippen LogP contribution in [0.2, 0.25) is 0 Å². The molecule has 0 aromatic carbocycles. The molecule has 2 radical (unpaired) electrons. The van der Waals surface area contributed by atoms with Crippen LogP contribution in [0.3, 0.4) is 0 Å². The van der Waals surface area contributed by atoms with E-state index in [0.29, 0.717) is 0 Å². The molecule has 0 bridgehead atoms. The van der Waals surface area contributed by atoms with Crippen LogP contribution in [0.4, 0.5) is 0 Å². The van der Waals surface area contributed by atoms with E-state index < -0.39 is 0 Å². The van der Waals surface area contributed by atoms with Gasteiger partial charge in [0.15, 0.2) is 0 Å². The van der Waals surface area contributed by atoms with Gasteiger partial charge < -0.3 is 0 Å². The van der Waals surface area contributed by atoms with E-state index in [1.807, 2.05) is 0 Å². The molecule has 0 N–H and O–H groups in total. The topological polar surface area (TPSA) is 0 Å². The summed E-state index contributed by atoms with van der Waals surface area (Å²) in [4.78, 5) is 0. The minimum absolute atomic E-state index is 0. The molecule has 0 amide bonds.